The predicted molar refractivity (Wildman–Crippen MR) is 83.3 cm³/mol. The van der Waals surface area contributed by atoms with Gasteiger partial charge in [-0.2, -0.15) is 0 Å². The van der Waals surface area contributed by atoms with Crippen LogP contribution in [0.1, 0.15) is 19.4 Å². The van der Waals surface area contributed by atoms with Crippen molar-refractivity contribution in [3.05, 3.63) is 42.0 Å². The molecule has 2 rings (SSSR count). The van der Waals surface area contributed by atoms with E-state index in [0.717, 1.165) is 30.8 Å². The van der Waals surface area contributed by atoms with Crippen molar-refractivity contribution in [2.24, 2.45) is 0 Å². The van der Waals surface area contributed by atoms with Crippen LogP contribution in [0.25, 0.3) is 10.8 Å². The first-order valence-corrected chi connectivity index (χ1v) is 7.13. The molecule has 0 aliphatic heterocycles. The molecule has 2 aromatic rings. The summed E-state index contributed by atoms with van der Waals surface area (Å²) in [6.45, 7) is 6.56. The highest BCUT2D eigenvalue weighted by molar-refractivity contribution is 5.91. The van der Waals surface area contributed by atoms with Gasteiger partial charge in [0.15, 0.2) is 0 Å². The number of fused-ring (bicyclic) bond motifs is 1. The number of nitrogens with one attached hydrogen (secondary N) is 1. The minimum absolute atomic E-state index is 0.240. The van der Waals surface area contributed by atoms with Crippen molar-refractivity contribution in [2.75, 3.05) is 20.3 Å². The minimum Gasteiger partial charge on any atom is -0.496 e. The Morgan fingerprint density at radius 3 is 2.55 bits per heavy atom. The molecule has 2 aromatic carbocycles. The number of benzene rings is 2. The summed E-state index contributed by atoms with van der Waals surface area (Å²) in [5.41, 5.74) is 1.28. The van der Waals surface area contributed by atoms with Crippen molar-refractivity contribution >= 4 is 10.8 Å². The molecule has 1 unspecified atom stereocenters. The molecule has 0 spiro atoms. The Hall–Kier alpha value is -1.58. The molecule has 0 saturated heterocycles. The van der Waals surface area contributed by atoms with E-state index in [-0.39, 0.29) is 6.10 Å². The van der Waals surface area contributed by atoms with Crippen molar-refractivity contribution in [1.82, 2.24) is 5.32 Å². The Kier molecular flexibility index (Phi) is 5.39. The first kappa shape index (κ1) is 14.8. The summed E-state index contributed by atoms with van der Waals surface area (Å²) in [5, 5.41) is 5.85. The number of rotatable bonds is 7. The fourth-order valence-corrected chi connectivity index (χ4v) is 2.42. The molecule has 0 amide bonds. The summed E-state index contributed by atoms with van der Waals surface area (Å²) in [7, 11) is 1.71. The van der Waals surface area contributed by atoms with E-state index < -0.39 is 0 Å². The second kappa shape index (κ2) is 7.27. The molecule has 1 N–H and O–H groups in total. The summed E-state index contributed by atoms with van der Waals surface area (Å²) in [6.07, 6.45) is 0.240. The number of ether oxygens (including phenoxy) is 2. The number of hydrogen-bond donors (Lipinski definition) is 1. The largest absolute Gasteiger partial charge is 0.496 e. The fourth-order valence-electron chi connectivity index (χ4n) is 2.42. The van der Waals surface area contributed by atoms with Gasteiger partial charge in [-0.15, -0.1) is 0 Å². The quantitative estimate of drug-likeness (QED) is 0.839. The van der Waals surface area contributed by atoms with Gasteiger partial charge in [-0.25, -0.2) is 0 Å². The van der Waals surface area contributed by atoms with E-state index in [4.69, 9.17) is 9.47 Å². The second-order valence-electron chi connectivity index (χ2n) is 4.87. The zero-order chi connectivity index (χ0) is 14.4. The Balaban J connectivity index is 2.11. The first-order chi connectivity index (χ1) is 9.76. The van der Waals surface area contributed by atoms with Crippen molar-refractivity contribution < 1.29 is 9.47 Å². The van der Waals surface area contributed by atoms with Gasteiger partial charge in [-0.1, -0.05) is 30.3 Å². The molecule has 108 valence electrons. The first-order valence-electron chi connectivity index (χ1n) is 7.13. The lowest BCUT2D eigenvalue weighted by Gasteiger charge is -2.14. The van der Waals surface area contributed by atoms with Crippen LogP contribution in [0.5, 0.6) is 5.75 Å². The number of methoxy groups -OCH3 is 1. The average molecular weight is 273 g/mol. The van der Waals surface area contributed by atoms with Crippen LogP contribution < -0.4 is 10.1 Å². The van der Waals surface area contributed by atoms with E-state index in [1.54, 1.807) is 7.11 Å². The molecule has 0 saturated carbocycles. The van der Waals surface area contributed by atoms with Gasteiger partial charge in [-0.05, 0) is 30.9 Å². The van der Waals surface area contributed by atoms with Crippen LogP contribution in [-0.4, -0.2) is 26.4 Å². The highest BCUT2D eigenvalue weighted by Crippen LogP contribution is 2.28. The Bertz CT molecular complexity index is 554. The SMILES string of the molecule is CCOC(C)CNCc1ccc(OC)c2ccccc12. The standard InChI is InChI=1S/C17H23NO2/c1-4-20-13(2)11-18-12-14-9-10-17(19-3)16-8-6-5-7-15(14)16/h5-10,13,18H,4,11-12H2,1-3H3. The van der Waals surface area contributed by atoms with Crippen molar-refractivity contribution in [3.8, 4) is 5.75 Å². The lowest BCUT2D eigenvalue weighted by atomic mass is 10.0. The van der Waals surface area contributed by atoms with Gasteiger partial charge in [0, 0.05) is 25.1 Å². The lowest BCUT2D eigenvalue weighted by Crippen LogP contribution is -2.26. The Morgan fingerprint density at radius 2 is 1.85 bits per heavy atom. The lowest BCUT2D eigenvalue weighted by molar-refractivity contribution is 0.0759. The zero-order valence-corrected chi connectivity index (χ0v) is 12.5. The summed E-state index contributed by atoms with van der Waals surface area (Å²) in [6, 6.07) is 12.5. The van der Waals surface area contributed by atoms with Crippen LogP contribution in [0.4, 0.5) is 0 Å². The topological polar surface area (TPSA) is 30.5 Å². The van der Waals surface area contributed by atoms with E-state index >= 15 is 0 Å². The zero-order valence-electron chi connectivity index (χ0n) is 12.5. The van der Waals surface area contributed by atoms with Gasteiger partial charge >= 0.3 is 0 Å². The minimum atomic E-state index is 0.240. The molecule has 0 aromatic heterocycles. The van der Waals surface area contributed by atoms with Crippen LogP contribution in [0.2, 0.25) is 0 Å². The van der Waals surface area contributed by atoms with Gasteiger partial charge in [0.2, 0.25) is 0 Å². The molecule has 0 heterocycles. The highest BCUT2D eigenvalue weighted by Gasteiger charge is 2.06. The fraction of sp³-hybridized carbons (Fsp3) is 0.412. The highest BCUT2D eigenvalue weighted by atomic mass is 16.5. The summed E-state index contributed by atoms with van der Waals surface area (Å²) < 4.78 is 10.9. The maximum Gasteiger partial charge on any atom is 0.126 e. The predicted octanol–water partition coefficient (Wildman–Crippen LogP) is 3.36. The Labute approximate surface area is 120 Å². The second-order valence-corrected chi connectivity index (χ2v) is 4.87. The van der Waals surface area contributed by atoms with Gasteiger partial charge in [0.05, 0.1) is 13.2 Å². The molecule has 0 aliphatic carbocycles. The molecule has 20 heavy (non-hydrogen) atoms. The number of hydrogen-bond acceptors (Lipinski definition) is 3. The maximum absolute atomic E-state index is 5.52. The maximum atomic E-state index is 5.52. The van der Waals surface area contributed by atoms with Crippen molar-refractivity contribution in [1.29, 1.82) is 0 Å². The van der Waals surface area contributed by atoms with Gasteiger partial charge in [0.1, 0.15) is 5.75 Å². The van der Waals surface area contributed by atoms with Crippen LogP contribution in [0, 0.1) is 0 Å². The van der Waals surface area contributed by atoms with Gasteiger partial charge < -0.3 is 14.8 Å². The van der Waals surface area contributed by atoms with E-state index in [2.05, 4.69) is 36.5 Å². The smallest absolute Gasteiger partial charge is 0.126 e. The third kappa shape index (κ3) is 3.50. The third-order valence-corrected chi connectivity index (χ3v) is 3.39. The van der Waals surface area contributed by atoms with Crippen LogP contribution in [-0.2, 0) is 11.3 Å². The van der Waals surface area contributed by atoms with Gasteiger partial charge in [0.25, 0.3) is 0 Å². The third-order valence-electron chi connectivity index (χ3n) is 3.39. The molecule has 0 fully saturated rings. The van der Waals surface area contributed by atoms with E-state index in [1.807, 2.05) is 19.1 Å². The molecular formula is C17H23NO2. The van der Waals surface area contributed by atoms with E-state index in [9.17, 15) is 0 Å². The molecule has 3 nitrogen and oxygen atoms in total. The summed E-state index contributed by atoms with van der Waals surface area (Å²) >= 11 is 0. The monoisotopic (exact) mass is 273 g/mol. The average Bonchev–Trinajstić information content (AvgIpc) is 2.47. The molecule has 3 heteroatoms. The van der Waals surface area contributed by atoms with Crippen molar-refractivity contribution in [2.45, 2.75) is 26.5 Å². The molecule has 0 bridgehead atoms. The molecular weight excluding hydrogens is 250 g/mol. The van der Waals surface area contributed by atoms with Crippen LogP contribution in [0.3, 0.4) is 0 Å². The van der Waals surface area contributed by atoms with Crippen molar-refractivity contribution in [3.63, 3.8) is 0 Å². The van der Waals surface area contributed by atoms with E-state index in [0.29, 0.717) is 0 Å². The summed E-state index contributed by atoms with van der Waals surface area (Å²) in [5.74, 6) is 0.923. The summed E-state index contributed by atoms with van der Waals surface area (Å²) in [4.78, 5) is 0. The molecule has 0 aliphatic rings. The Morgan fingerprint density at radius 1 is 1.10 bits per heavy atom. The molecule has 0 radical (unpaired) electrons. The molecule has 1 atom stereocenters. The normalized spacial score (nSPS) is 12.6. The van der Waals surface area contributed by atoms with Gasteiger partial charge in [-0.3, -0.25) is 0 Å². The van der Waals surface area contributed by atoms with Crippen LogP contribution in [0.15, 0.2) is 36.4 Å². The van der Waals surface area contributed by atoms with Crippen LogP contribution >= 0.6 is 0 Å². The van der Waals surface area contributed by atoms with E-state index in [1.165, 1.54) is 10.9 Å².